The van der Waals surface area contributed by atoms with Crippen LogP contribution < -0.4 is 10.5 Å². The van der Waals surface area contributed by atoms with E-state index in [0.29, 0.717) is 12.6 Å². The van der Waals surface area contributed by atoms with Gasteiger partial charge in [0, 0.05) is 12.1 Å². The van der Waals surface area contributed by atoms with Crippen LogP contribution in [0, 0.1) is 0 Å². The molecule has 3 nitrogen and oxygen atoms in total. The highest BCUT2D eigenvalue weighted by atomic mass is 16.5. The van der Waals surface area contributed by atoms with Gasteiger partial charge in [0.1, 0.15) is 5.75 Å². The molecule has 0 aliphatic carbocycles. The molecule has 1 heterocycles. The number of benzene rings is 1. The molecule has 0 radical (unpaired) electrons. The van der Waals surface area contributed by atoms with Gasteiger partial charge in [-0.25, -0.2) is 0 Å². The summed E-state index contributed by atoms with van der Waals surface area (Å²) in [6.07, 6.45) is 4.84. The maximum Gasteiger partial charge on any atom is 0.124 e. The summed E-state index contributed by atoms with van der Waals surface area (Å²) in [7, 11) is 0. The van der Waals surface area contributed by atoms with Crippen molar-refractivity contribution in [2.75, 3.05) is 26.2 Å². The fourth-order valence-corrected chi connectivity index (χ4v) is 2.74. The van der Waals surface area contributed by atoms with Crippen molar-refractivity contribution in [3.63, 3.8) is 0 Å². The van der Waals surface area contributed by atoms with Gasteiger partial charge in [0.2, 0.25) is 0 Å². The van der Waals surface area contributed by atoms with Gasteiger partial charge >= 0.3 is 0 Å². The number of hydrogen-bond acceptors (Lipinski definition) is 3. The minimum atomic E-state index is 0.306. The molecule has 106 valence electrons. The Labute approximate surface area is 116 Å². The summed E-state index contributed by atoms with van der Waals surface area (Å²) >= 11 is 0. The molecule has 1 atom stereocenters. The molecule has 0 spiro atoms. The fraction of sp³-hybridized carbons (Fsp3) is 0.625. The Hall–Kier alpha value is -1.06. The molecule has 1 unspecified atom stereocenters. The maximum absolute atomic E-state index is 6.01. The zero-order chi connectivity index (χ0) is 13.5. The smallest absolute Gasteiger partial charge is 0.124 e. The molecule has 1 aromatic carbocycles. The summed E-state index contributed by atoms with van der Waals surface area (Å²) in [5.41, 5.74) is 7.26. The van der Waals surface area contributed by atoms with Crippen molar-refractivity contribution in [1.29, 1.82) is 0 Å². The van der Waals surface area contributed by atoms with Crippen LogP contribution in [-0.2, 0) is 0 Å². The Morgan fingerprint density at radius 2 is 2.00 bits per heavy atom. The number of unbranched alkanes of at least 4 members (excludes halogenated alkanes) is 1. The summed E-state index contributed by atoms with van der Waals surface area (Å²) in [6, 6.07) is 8.67. The van der Waals surface area contributed by atoms with E-state index in [2.05, 4.69) is 30.0 Å². The van der Waals surface area contributed by atoms with E-state index in [4.69, 9.17) is 10.5 Å². The normalized spacial score (nSPS) is 17.6. The number of nitrogens with two attached hydrogens (primary N) is 1. The molecule has 1 fully saturated rings. The zero-order valence-electron chi connectivity index (χ0n) is 12.0. The number of nitrogens with zero attached hydrogens (tertiary/aromatic N) is 1. The van der Waals surface area contributed by atoms with E-state index in [-0.39, 0.29) is 0 Å². The van der Waals surface area contributed by atoms with E-state index >= 15 is 0 Å². The number of para-hydroxylation sites is 1. The molecule has 0 amide bonds. The second-order valence-electron chi connectivity index (χ2n) is 5.23. The van der Waals surface area contributed by atoms with Crippen LogP contribution in [0.3, 0.4) is 0 Å². The molecular formula is C16H26N2O. The molecule has 0 saturated carbocycles. The Morgan fingerprint density at radius 1 is 1.26 bits per heavy atom. The molecular weight excluding hydrogens is 236 g/mol. The van der Waals surface area contributed by atoms with Gasteiger partial charge < -0.3 is 10.5 Å². The van der Waals surface area contributed by atoms with Crippen molar-refractivity contribution < 1.29 is 4.74 Å². The summed E-state index contributed by atoms with van der Waals surface area (Å²) < 4.78 is 5.94. The highest BCUT2D eigenvalue weighted by Gasteiger charge is 2.24. The van der Waals surface area contributed by atoms with Crippen molar-refractivity contribution in [2.45, 2.75) is 38.6 Å². The zero-order valence-corrected chi connectivity index (χ0v) is 12.0. The molecule has 3 heteroatoms. The maximum atomic E-state index is 6.01. The third-order valence-electron chi connectivity index (χ3n) is 3.84. The van der Waals surface area contributed by atoms with Gasteiger partial charge in [-0.3, -0.25) is 4.90 Å². The van der Waals surface area contributed by atoms with E-state index in [0.717, 1.165) is 38.3 Å². The van der Waals surface area contributed by atoms with Crippen LogP contribution in [0.1, 0.15) is 44.2 Å². The lowest BCUT2D eigenvalue weighted by molar-refractivity contribution is 0.238. The second kappa shape index (κ2) is 7.51. The number of likely N-dealkylation sites (tertiary alicyclic amines) is 1. The molecule has 2 N–H and O–H groups in total. The monoisotopic (exact) mass is 262 g/mol. The van der Waals surface area contributed by atoms with Crippen molar-refractivity contribution in [2.24, 2.45) is 5.73 Å². The van der Waals surface area contributed by atoms with Gasteiger partial charge in [-0.05, 0) is 38.4 Å². The SMILES string of the molecule is CCCCOc1ccccc1C(CN)N1CCCC1. The third-order valence-corrected chi connectivity index (χ3v) is 3.84. The molecule has 2 rings (SSSR count). The largest absolute Gasteiger partial charge is 0.493 e. The Kier molecular flexibility index (Phi) is 5.67. The Balaban J connectivity index is 2.11. The quantitative estimate of drug-likeness (QED) is 0.768. The third kappa shape index (κ3) is 3.71. The Morgan fingerprint density at radius 3 is 2.68 bits per heavy atom. The van der Waals surface area contributed by atoms with Crippen LogP contribution in [0.4, 0.5) is 0 Å². The van der Waals surface area contributed by atoms with Crippen molar-refractivity contribution in [3.8, 4) is 5.75 Å². The van der Waals surface area contributed by atoms with Crippen molar-refractivity contribution in [1.82, 2.24) is 4.90 Å². The van der Waals surface area contributed by atoms with E-state index in [1.165, 1.54) is 18.4 Å². The van der Waals surface area contributed by atoms with Crippen LogP contribution in [0.5, 0.6) is 5.75 Å². The predicted octanol–water partition coefficient (Wildman–Crippen LogP) is 2.96. The van der Waals surface area contributed by atoms with Gasteiger partial charge in [-0.1, -0.05) is 31.5 Å². The van der Waals surface area contributed by atoms with Crippen molar-refractivity contribution in [3.05, 3.63) is 29.8 Å². The van der Waals surface area contributed by atoms with Crippen LogP contribution in [0.15, 0.2) is 24.3 Å². The van der Waals surface area contributed by atoms with E-state index in [1.807, 2.05) is 6.07 Å². The highest BCUT2D eigenvalue weighted by Crippen LogP contribution is 2.31. The fourth-order valence-electron chi connectivity index (χ4n) is 2.74. The lowest BCUT2D eigenvalue weighted by atomic mass is 10.0. The van der Waals surface area contributed by atoms with E-state index in [9.17, 15) is 0 Å². The van der Waals surface area contributed by atoms with Crippen LogP contribution in [0.25, 0.3) is 0 Å². The minimum Gasteiger partial charge on any atom is -0.493 e. The van der Waals surface area contributed by atoms with Gasteiger partial charge in [0.25, 0.3) is 0 Å². The lowest BCUT2D eigenvalue weighted by Crippen LogP contribution is -2.31. The number of rotatable bonds is 7. The predicted molar refractivity (Wildman–Crippen MR) is 79.4 cm³/mol. The first kappa shape index (κ1) is 14.4. The topological polar surface area (TPSA) is 38.5 Å². The summed E-state index contributed by atoms with van der Waals surface area (Å²) in [5, 5.41) is 0. The van der Waals surface area contributed by atoms with Gasteiger partial charge in [0.15, 0.2) is 0 Å². The van der Waals surface area contributed by atoms with Crippen LogP contribution in [0.2, 0.25) is 0 Å². The standard InChI is InChI=1S/C16H26N2O/c1-2-3-12-19-16-9-5-4-8-14(16)15(13-17)18-10-6-7-11-18/h4-5,8-9,15H,2-3,6-7,10-13,17H2,1H3. The lowest BCUT2D eigenvalue weighted by Gasteiger charge is -2.28. The molecule has 1 aliphatic heterocycles. The second-order valence-corrected chi connectivity index (χ2v) is 5.23. The molecule has 19 heavy (non-hydrogen) atoms. The Bertz CT molecular complexity index is 375. The van der Waals surface area contributed by atoms with Crippen molar-refractivity contribution >= 4 is 0 Å². The first-order valence-corrected chi connectivity index (χ1v) is 7.52. The number of hydrogen-bond donors (Lipinski definition) is 1. The minimum absolute atomic E-state index is 0.306. The van der Waals surface area contributed by atoms with Crippen LogP contribution >= 0.6 is 0 Å². The first-order valence-electron chi connectivity index (χ1n) is 7.52. The molecule has 1 aromatic rings. The molecule has 1 saturated heterocycles. The van der Waals surface area contributed by atoms with Gasteiger partial charge in [0.05, 0.1) is 12.6 Å². The average Bonchev–Trinajstić information content (AvgIpc) is 2.96. The molecule has 1 aliphatic rings. The van der Waals surface area contributed by atoms with Gasteiger partial charge in [-0.15, -0.1) is 0 Å². The summed E-state index contributed by atoms with van der Waals surface area (Å²) in [6.45, 7) is 5.96. The summed E-state index contributed by atoms with van der Waals surface area (Å²) in [5.74, 6) is 1.01. The van der Waals surface area contributed by atoms with E-state index in [1.54, 1.807) is 0 Å². The van der Waals surface area contributed by atoms with E-state index < -0.39 is 0 Å². The highest BCUT2D eigenvalue weighted by molar-refractivity contribution is 5.36. The number of ether oxygens (including phenoxy) is 1. The summed E-state index contributed by atoms with van der Waals surface area (Å²) in [4.78, 5) is 2.49. The molecule has 0 aromatic heterocycles. The van der Waals surface area contributed by atoms with Crippen LogP contribution in [-0.4, -0.2) is 31.1 Å². The molecule has 0 bridgehead atoms. The first-order chi connectivity index (χ1) is 9.36. The van der Waals surface area contributed by atoms with Gasteiger partial charge in [-0.2, -0.15) is 0 Å². The average molecular weight is 262 g/mol.